The molecule has 6 heteroatoms. The molecule has 1 aliphatic rings. The maximum absolute atomic E-state index is 12.3. The number of carbonyl (C=O) groups excluding carboxylic acids is 2. The van der Waals surface area contributed by atoms with Gasteiger partial charge in [0.15, 0.2) is 5.78 Å². The molecule has 1 aromatic carbocycles. The lowest BCUT2D eigenvalue weighted by molar-refractivity contribution is 0.0526. The fourth-order valence-electron chi connectivity index (χ4n) is 2.85. The predicted octanol–water partition coefficient (Wildman–Crippen LogP) is 4.36. The normalized spacial score (nSPS) is 12.8. The molecule has 0 saturated carbocycles. The highest BCUT2D eigenvalue weighted by molar-refractivity contribution is 7.16. The van der Waals surface area contributed by atoms with Crippen molar-refractivity contribution in [2.24, 2.45) is 0 Å². The van der Waals surface area contributed by atoms with Crippen molar-refractivity contribution in [3.05, 3.63) is 50.9 Å². The number of ketones is 1. The van der Waals surface area contributed by atoms with Crippen LogP contribution in [-0.2, 0) is 17.6 Å². The number of rotatable bonds is 6. The van der Waals surface area contributed by atoms with E-state index in [4.69, 9.17) is 16.3 Å². The fraction of sp³-hybridized carbons (Fsp3) is 0.333. The van der Waals surface area contributed by atoms with Gasteiger partial charge in [-0.25, -0.2) is 4.79 Å². The number of thiophene rings is 1. The Hall–Kier alpha value is -1.85. The second-order valence-corrected chi connectivity index (χ2v) is 7.11. The summed E-state index contributed by atoms with van der Waals surface area (Å²) in [7, 11) is 0. The number of ether oxygens (including phenoxy) is 1. The minimum Gasteiger partial charge on any atom is -0.462 e. The van der Waals surface area contributed by atoms with Crippen LogP contribution >= 0.6 is 22.9 Å². The summed E-state index contributed by atoms with van der Waals surface area (Å²) < 4.78 is 5.18. The van der Waals surface area contributed by atoms with Crippen LogP contribution < -0.4 is 5.32 Å². The first-order valence-electron chi connectivity index (χ1n) is 7.94. The monoisotopic (exact) mass is 363 g/mol. The maximum atomic E-state index is 12.3. The van der Waals surface area contributed by atoms with Crippen molar-refractivity contribution in [3.63, 3.8) is 0 Å². The van der Waals surface area contributed by atoms with E-state index in [2.05, 4.69) is 5.32 Å². The first-order valence-corrected chi connectivity index (χ1v) is 9.14. The van der Waals surface area contributed by atoms with Crippen LogP contribution in [0.5, 0.6) is 0 Å². The third-order valence-electron chi connectivity index (χ3n) is 3.98. The summed E-state index contributed by atoms with van der Waals surface area (Å²) in [4.78, 5) is 25.8. The van der Waals surface area contributed by atoms with Crippen molar-refractivity contribution in [2.75, 3.05) is 18.5 Å². The van der Waals surface area contributed by atoms with Gasteiger partial charge in [0.1, 0.15) is 5.00 Å². The van der Waals surface area contributed by atoms with Gasteiger partial charge in [-0.15, -0.1) is 11.3 Å². The van der Waals surface area contributed by atoms with E-state index >= 15 is 0 Å². The largest absolute Gasteiger partial charge is 0.462 e. The molecule has 0 aliphatic heterocycles. The van der Waals surface area contributed by atoms with Crippen LogP contribution in [0.25, 0.3) is 0 Å². The molecule has 0 unspecified atom stereocenters. The van der Waals surface area contributed by atoms with Crippen LogP contribution in [0.4, 0.5) is 5.00 Å². The van der Waals surface area contributed by atoms with Gasteiger partial charge in [0.2, 0.25) is 0 Å². The Kier molecular flexibility index (Phi) is 5.21. The van der Waals surface area contributed by atoms with E-state index in [1.54, 1.807) is 42.5 Å². The number of Topliss-reactive ketones (excluding diaryl/α,β-unsaturated/α-hetero) is 1. The summed E-state index contributed by atoms with van der Waals surface area (Å²) in [6.07, 6.45) is 2.95. The Morgan fingerprint density at radius 3 is 2.71 bits per heavy atom. The Bertz CT molecular complexity index is 767. The quantitative estimate of drug-likeness (QED) is 0.612. The molecule has 2 aromatic rings. The number of hydrogen-bond acceptors (Lipinski definition) is 5. The molecule has 0 fully saturated rings. The van der Waals surface area contributed by atoms with E-state index in [0.717, 1.165) is 29.8 Å². The first kappa shape index (κ1) is 17.0. The summed E-state index contributed by atoms with van der Waals surface area (Å²) in [6.45, 7) is 2.27. The van der Waals surface area contributed by atoms with Crippen LogP contribution in [0.1, 0.15) is 44.5 Å². The number of hydrogen-bond donors (Lipinski definition) is 1. The number of fused-ring (bicyclic) bond motifs is 1. The molecule has 0 spiro atoms. The number of halogens is 1. The summed E-state index contributed by atoms with van der Waals surface area (Å²) in [5, 5.41) is 4.46. The van der Waals surface area contributed by atoms with Gasteiger partial charge >= 0.3 is 5.97 Å². The Labute approximate surface area is 149 Å². The molecule has 0 amide bonds. The molecule has 0 atom stereocenters. The smallest absolute Gasteiger partial charge is 0.341 e. The van der Waals surface area contributed by atoms with Crippen molar-refractivity contribution < 1.29 is 14.3 Å². The Balaban J connectivity index is 1.76. The van der Waals surface area contributed by atoms with Gasteiger partial charge in [-0.2, -0.15) is 0 Å². The average Bonchev–Trinajstić information content (AvgIpc) is 3.13. The van der Waals surface area contributed by atoms with Crippen molar-refractivity contribution >= 4 is 39.7 Å². The van der Waals surface area contributed by atoms with Crippen LogP contribution in [-0.4, -0.2) is 24.9 Å². The predicted molar refractivity (Wildman–Crippen MR) is 96.6 cm³/mol. The van der Waals surface area contributed by atoms with Crippen molar-refractivity contribution in [1.82, 2.24) is 0 Å². The lowest BCUT2D eigenvalue weighted by Crippen LogP contribution is -2.16. The SMILES string of the molecule is CCOC(=O)c1c(NCC(=O)c2ccc(Cl)cc2)sc2c1CCC2. The minimum absolute atomic E-state index is 0.0463. The molecule has 3 rings (SSSR count). The van der Waals surface area contributed by atoms with Gasteiger partial charge in [0.25, 0.3) is 0 Å². The molecule has 1 N–H and O–H groups in total. The molecule has 1 aromatic heterocycles. The lowest BCUT2D eigenvalue weighted by Gasteiger charge is -2.08. The summed E-state index contributed by atoms with van der Waals surface area (Å²) in [5.74, 6) is -0.353. The van der Waals surface area contributed by atoms with Crippen molar-refractivity contribution in [2.45, 2.75) is 26.2 Å². The Morgan fingerprint density at radius 2 is 2.00 bits per heavy atom. The van der Waals surface area contributed by atoms with Gasteiger partial charge < -0.3 is 10.1 Å². The summed E-state index contributed by atoms with van der Waals surface area (Å²) >= 11 is 7.40. The van der Waals surface area contributed by atoms with E-state index in [0.29, 0.717) is 22.8 Å². The minimum atomic E-state index is -0.307. The van der Waals surface area contributed by atoms with Crippen LogP contribution in [0.3, 0.4) is 0 Å². The highest BCUT2D eigenvalue weighted by Crippen LogP contribution is 2.39. The second kappa shape index (κ2) is 7.36. The molecule has 1 heterocycles. The van der Waals surface area contributed by atoms with E-state index in [1.165, 1.54) is 4.88 Å². The molecule has 0 radical (unpaired) electrons. The number of benzene rings is 1. The van der Waals surface area contributed by atoms with E-state index in [1.807, 2.05) is 0 Å². The molecule has 0 bridgehead atoms. The summed E-state index contributed by atoms with van der Waals surface area (Å²) in [5.41, 5.74) is 2.28. The summed E-state index contributed by atoms with van der Waals surface area (Å²) in [6, 6.07) is 6.79. The lowest BCUT2D eigenvalue weighted by atomic mass is 10.1. The van der Waals surface area contributed by atoms with Crippen molar-refractivity contribution in [1.29, 1.82) is 0 Å². The zero-order valence-electron chi connectivity index (χ0n) is 13.4. The Morgan fingerprint density at radius 1 is 1.25 bits per heavy atom. The van der Waals surface area contributed by atoms with Crippen LogP contribution in [0.15, 0.2) is 24.3 Å². The van der Waals surface area contributed by atoms with E-state index in [-0.39, 0.29) is 18.3 Å². The molecule has 24 heavy (non-hydrogen) atoms. The molecule has 4 nitrogen and oxygen atoms in total. The number of anilines is 1. The number of aryl methyl sites for hydroxylation is 1. The molecular formula is C18H18ClNO3S. The number of esters is 1. The zero-order valence-corrected chi connectivity index (χ0v) is 14.9. The van der Waals surface area contributed by atoms with Gasteiger partial charge in [-0.3, -0.25) is 4.79 Å². The van der Waals surface area contributed by atoms with Crippen molar-refractivity contribution in [3.8, 4) is 0 Å². The highest BCUT2D eigenvalue weighted by Gasteiger charge is 2.27. The number of carbonyl (C=O) groups is 2. The third-order valence-corrected chi connectivity index (χ3v) is 5.48. The standard InChI is InChI=1S/C18H18ClNO3S/c1-2-23-18(22)16-13-4-3-5-15(13)24-17(16)20-10-14(21)11-6-8-12(19)9-7-11/h6-9,20H,2-5,10H2,1H3. The van der Waals surface area contributed by atoms with Crippen LogP contribution in [0.2, 0.25) is 5.02 Å². The average molecular weight is 364 g/mol. The van der Waals surface area contributed by atoms with Crippen LogP contribution in [0, 0.1) is 0 Å². The van der Waals surface area contributed by atoms with Gasteiger partial charge in [-0.05, 0) is 56.0 Å². The maximum Gasteiger partial charge on any atom is 0.341 e. The third kappa shape index (κ3) is 3.47. The van der Waals surface area contributed by atoms with Gasteiger partial charge in [0.05, 0.1) is 18.7 Å². The molecule has 0 saturated heterocycles. The van der Waals surface area contributed by atoms with E-state index in [9.17, 15) is 9.59 Å². The van der Waals surface area contributed by atoms with Gasteiger partial charge in [-0.1, -0.05) is 11.6 Å². The fourth-order valence-corrected chi connectivity index (χ4v) is 4.25. The molecule has 126 valence electrons. The topological polar surface area (TPSA) is 55.4 Å². The first-order chi connectivity index (χ1) is 11.6. The molecular weight excluding hydrogens is 346 g/mol. The second-order valence-electron chi connectivity index (χ2n) is 5.57. The van der Waals surface area contributed by atoms with Gasteiger partial charge in [0, 0.05) is 15.5 Å². The zero-order chi connectivity index (χ0) is 17.1. The number of nitrogens with one attached hydrogen (secondary N) is 1. The molecule has 1 aliphatic carbocycles. The van der Waals surface area contributed by atoms with E-state index < -0.39 is 0 Å². The highest BCUT2D eigenvalue weighted by atomic mass is 35.5.